The molecule has 0 aliphatic carbocycles. The molecule has 2 aliphatic rings. The number of hydrogen-bond donors (Lipinski definition) is 0. The van der Waals surface area contributed by atoms with Crippen LogP contribution in [0.25, 0.3) is 0 Å². The van der Waals surface area contributed by atoms with Crippen molar-refractivity contribution in [3.8, 4) is 0 Å². The molecule has 0 bridgehead atoms. The monoisotopic (exact) mass is 310 g/mol. The van der Waals surface area contributed by atoms with E-state index in [-0.39, 0.29) is 24.2 Å². The zero-order valence-corrected chi connectivity index (χ0v) is 13.4. The highest BCUT2D eigenvalue weighted by molar-refractivity contribution is 7.09. The van der Waals surface area contributed by atoms with Gasteiger partial charge in [0.1, 0.15) is 0 Å². The lowest BCUT2D eigenvalue weighted by atomic mass is 9.99. The predicted octanol–water partition coefficient (Wildman–Crippen LogP) is 2.14. The quantitative estimate of drug-likeness (QED) is 0.855. The minimum Gasteiger partial charge on any atom is -0.372 e. The molecule has 0 unspecified atom stereocenters. The molecule has 5 nitrogen and oxygen atoms in total. The Labute approximate surface area is 129 Å². The summed E-state index contributed by atoms with van der Waals surface area (Å²) < 4.78 is 11.8. The Morgan fingerprint density at radius 1 is 1.52 bits per heavy atom. The van der Waals surface area contributed by atoms with Crippen molar-refractivity contribution in [2.75, 3.05) is 13.2 Å². The Bertz CT molecular complexity index is 505. The van der Waals surface area contributed by atoms with Crippen LogP contribution in [0.5, 0.6) is 0 Å². The standard InChI is InChI=1S/C15H22N2O3S/c1-10-16-12(9-21-10)7-19-8-13-3-4-14-15(20-13)5-6-17(14)11(2)18/h9,13-15H,3-8H2,1-2H3/t13-,14+,15+/m1/s1. The molecule has 0 N–H and O–H groups in total. The maximum Gasteiger partial charge on any atom is 0.219 e. The molecule has 2 fully saturated rings. The summed E-state index contributed by atoms with van der Waals surface area (Å²) in [5.74, 6) is 0.166. The summed E-state index contributed by atoms with van der Waals surface area (Å²) in [7, 11) is 0. The number of amides is 1. The largest absolute Gasteiger partial charge is 0.372 e. The van der Waals surface area contributed by atoms with Gasteiger partial charge in [-0.3, -0.25) is 4.79 Å². The van der Waals surface area contributed by atoms with E-state index in [2.05, 4.69) is 4.98 Å². The molecule has 2 aliphatic heterocycles. The van der Waals surface area contributed by atoms with E-state index in [9.17, 15) is 4.79 Å². The maximum atomic E-state index is 11.6. The van der Waals surface area contributed by atoms with Crippen molar-refractivity contribution in [3.05, 3.63) is 16.1 Å². The van der Waals surface area contributed by atoms with Gasteiger partial charge in [0, 0.05) is 18.8 Å². The molecule has 1 amide bonds. The zero-order chi connectivity index (χ0) is 14.8. The third kappa shape index (κ3) is 3.44. The van der Waals surface area contributed by atoms with Gasteiger partial charge in [0.15, 0.2) is 0 Å². The zero-order valence-electron chi connectivity index (χ0n) is 12.6. The van der Waals surface area contributed by atoms with Crippen LogP contribution in [-0.4, -0.2) is 47.2 Å². The van der Waals surface area contributed by atoms with Gasteiger partial charge < -0.3 is 14.4 Å². The highest BCUT2D eigenvalue weighted by Gasteiger charge is 2.40. The van der Waals surface area contributed by atoms with Crippen molar-refractivity contribution >= 4 is 17.2 Å². The summed E-state index contributed by atoms with van der Waals surface area (Å²) >= 11 is 1.65. The average Bonchev–Trinajstić information content (AvgIpc) is 3.04. The average molecular weight is 310 g/mol. The molecule has 0 aromatic carbocycles. The molecular formula is C15H22N2O3S. The van der Waals surface area contributed by atoms with Gasteiger partial charge in [-0.2, -0.15) is 0 Å². The number of hydrogen-bond acceptors (Lipinski definition) is 5. The molecule has 6 heteroatoms. The van der Waals surface area contributed by atoms with Gasteiger partial charge in [0.25, 0.3) is 0 Å². The molecule has 0 saturated carbocycles. The van der Waals surface area contributed by atoms with Crippen LogP contribution in [0.1, 0.15) is 36.9 Å². The van der Waals surface area contributed by atoms with Gasteiger partial charge in [-0.15, -0.1) is 11.3 Å². The van der Waals surface area contributed by atoms with E-state index in [1.54, 1.807) is 18.3 Å². The Morgan fingerprint density at radius 2 is 2.38 bits per heavy atom. The number of aryl methyl sites for hydroxylation is 1. The Morgan fingerprint density at radius 3 is 3.10 bits per heavy atom. The van der Waals surface area contributed by atoms with Crippen LogP contribution in [0.2, 0.25) is 0 Å². The van der Waals surface area contributed by atoms with Crippen LogP contribution in [-0.2, 0) is 20.9 Å². The Hall–Kier alpha value is -0.980. The highest BCUT2D eigenvalue weighted by Crippen LogP contribution is 2.31. The van der Waals surface area contributed by atoms with Gasteiger partial charge in [-0.25, -0.2) is 4.98 Å². The molecule has 1 aromatic heterocycles. The predicted molar refractivity (Wildman–Crippen MR) is 80.2 cm³/mol. The summed E-state index contributed by atoms with van der Waals surface area (Å²) in [6.07, 6.45) is 3.27. The number of aromatic nitrogens is 1. The topological polar surface area (TPSA) is 51.7 Å². The summed E-state index contributed by atoms with van der Waals surface area (Å²) in [5, 5.41) is 3.11. The van der Waals surface area contributed by atoms with Crippen molar-refractivity contribution in [3.63, 3.8) is 0 Å². The van der Waals surface area contributed by atoms with E-state index in [0.717, 1.165) is 36.5 Å². The van der Waals surface area contributed by atoms with E-state index in [0.29, 0.717) is 13.2 Å². The number of nitrogens with zero attached hydrogens (tertiary/aromatic N) is 2. The number of fused-ring (bicyclic) bond motifs is 1. The van der Waals surface area contributed by atoms with Gasteiger partial charge in [-0.05, 0) is 26.2 Å². The summed E-state index contributed by atoms with van der Waals surface area (Å²) in [6.45, 7) is 5.64. The first kappa shape index (κ1) is 14.9. The van der Waals surface area contributed by atoms with Crippen LogP contribution >= 0.6 is 11.3 Å². The van der Waals surface area contributed by atoms with E-state index in [1.807, 2.05) is 17.2 Å². The lowest BCUT2D eigenvalue weighted by molar-refractivity contribution is -0.137. The highest BCUT2D eigenvalue weighted by atomic mass is 32.1. The van der Waals surface area contributed by atoms with Crippen LogP contribution in [0.3, 0.4) is 0 Å². The minimum absolute atomic E-state index is 0.151. The molecule has 1 aromatic rings. The summed E-state index contributed by atoms with van der Waals surface area (Å²) in [6, 6.07) is 0.278. The van der Waals surface area contributed by atoms with Gasteiger partial charge >= 0.3 is 0 Å². The second kappa shape index (κ2) is 6.42. The summed E-state index contributed by atoms with van der Waals surface area (Å²) in [5.41, 5.74) is 0.995. The van der Waals surface area contributed by atoms with Gasteiger partial charge in [0.2, 0.25) is 5.91 Å². The number of carbonyl (C=O) groups excluding carboxylic acids is 1. The van der Waals surface area contributed by atoms with Crippen LogP contribution in [0, 0.1) is 6.92 Å². The second-order valence-corrected chi connectivity index (χ2v) is 6.88. The van der Waals surface area contributed by atoms with E-state index in [4.69, 9.17) is 9.47 Å². The smallest absolute Gasteiger partial charge is 0.219 e. The van der Waals surface area contributed by atoms with Gasteiger partial charge in [0.05, 0.1) is 42.2 Å². The van der Waals surface area contributed by atoms with E-state index in [1.165, 1.54) is 0 Å². The Balaban J connectivity index is 1.44. The third-order valence-electron chi connectivity index (χ3n) is 4.26. The third-order valence-corrected chi connectivity index (χ3v) is 5.08. The first-order valence-corrected chi connectivity index (χ1v) is 8.43. The first-order chi connectivity index (χ1) is 10.1. The van der Waals surface area contributed by atoms with Crippen LogP contribution in [0.15, 0.2) is 5.38 Å². The molecule has 2 saturated heterocycles. The maximum absolute atomic E-state index is 11.6. The van der Waals surface area contributed by atoms with E-state index < -0.39 is 0 Å². The van der Waals surface area contributed by atoms with Crippen LogP contribution in [0.4, 0.5) is 0 Å². The molecular weight excluding hydrogens is 288 g/mol. The first-order valence-electron chi connectivity index (χ1n) is 7.55. The number of likely N-dealkylation sites (tertiary alicyclic amines) is 1. The fourth-order valence-corrected chi connectivity index (χ4v) is 3.88. The normalized spacial score (nSPS) is 28.7. The van der Waals surface area contributed by atoms with E-state index >= 15 is 0 Å². The minimum atomic E-state index is 0.151. The van der Waals surface area contributed by atoms with Crippen molar-refractivity contribution in [1.29, 1.82) is 0 Å². The molecule has 3 heterocycles. The SMILES string of the molecule is CC(=O)N1CC[C@@H]2O[C@@H](COCc3csc(C)n3)CC[C@@H]21. The number of carbonyl (C=O) groups is 1. The number of thiazole rings is 1. The molecule has 3 atom stereocenters. The Kier molecular flexibility index (Phi) is 4.57. The molecule has 3 rings (SSSR count). The number of rotatable bonds is 4. The van der Waals surface area contributed by atoms with Crippen molar-refractivity contribution < 1.29 is 14.3 Å². The fourth-order valence-electron chi connectivity index (χ4n) is 3.28. The lowest BCUT2D eigenvalue weighted by Gasteiger charge is -2.35. The lowest BCUT2D eigenvalue weighted by Crippen LogP contribution is -2.45. The van der Waals surface area contributed by atoms with Crippen molar-refractivity contribution in [2.45, 2.75) is 58.0 Å². The summed E-state index contributed by atoms with van der Waals surface area (Å²) in [4.78, 5) is 17.9. The van der Waals surface area contributed by atoms with Crippen molar-refractivity contribution in [2.24, 2.45) is 0 Å². The molecule has 116 valence electrons. The van der Waals surface area contributed by atoms with Gasteiger partial charge in [-0.1, -0.05) is 0 Å². The fraction of sp³-hybridized carbons (Fsp3) is 0.733. The van der Waals surface area contributed by atoms with Crippen molar-refractivity contribution in [1.82, 2.24) is 9.88 Å². The molecule has 0 spiro atoms. The number of ether oxygens (including phenoxy) is 2. The molecule has 0 radical (unpaired) electrons. The molecule has 21 heavy (non-hydrogen) atoms. The van der Waals surface area contributed by atoms with Crippen LogP contribution < -0.4 is 0 Å². The second-order valence-electron chi connectivity index (χ2n) is 5.82.